The number of hydrogen-bond acceptors (Lipinski definition) is 4. The van der Waals surface area contributed by atoms with Gasteiger partial charge < -0.3 is 21.0 Å². The fraction of sp³-hybridized carbons (Fsp3) is 0.500. The fourth-order valence-electron chi connectivity index (χ4n) is 2.67. The van der Waals surface area contributed by atoms with Crippen molar-refractivity contribution in [1.82, 2.24) is 15.2 Å². The van der Waals surface area contributed by atoms with E-state index in [1.54, 1.807) is 6.08 Å². The summed E-state index contributed by atoms with van der Waals surface area (Å²) in [6, 6.07) is 4.62. The molecule has 1 saturated heterocycles. The molecule has 0 amide bonds. The third kappa shape index (κ3) is 11.3. The predicted molar refractivity (Wildman–Crippen MR) is 108 cm³/mol. The van der Waals surface area contributed by atoms with Gasteiger partial charge in [0.2, 0.25) is 0 Å². The number of likely N-dealkylation sites (tertiary alicyclic amines) is 1. The van der Waals surface area contributed by atoms with E-state index in [-0.39, 0.29) is 11.0 Å². The summed E-state index contributed by atoms with van der Waals surface area (Å²) in [5.74, 6) is 0. The SMILES string of the molecule is C=CCNC(=S)OCCN1CCCCC1c1cccnc1.O.O.[Cl][Cu][Cl]. The topological polar surface area (TPSA) is 100 Å². The maximum atomic E-state index is 5.55. The maximum absolute atomic E-state index is 5.55. The van der Waals surface area contributed by atoms with Crippen molar-refractivity contribution in [2.75, 3.05) is 26.2 Å². The summed E-state index contributed by atoms with van der Waals surface area (Å²) in [5.41, 5.74) is 1.30. The van der Waals surface area contributed by atoms with E-state index in [1.807, 2.05) is 18.5 Å². The average molecular weight is 476 g/mol. The molecule has 1 aromatic heterocycles. The summed E-state index contributed by atoms with van der Waals surface area (Å²) < 4.78 is 5.55. The molecule has 6 nitrogen and oxygen atoms in total. The molecule has 1 fully saturated rings. The summed E-state index contributed by atoms with van der Waals surface area (Å²) in [4.78, 5) is 6.71. The van der Waals surface area contributed by atoms with Crippen LogP contribution in [0.3, 0.4) is 0 Å². The molecular weight excluding hydrogens is 449 g/mol. The number of rotatable bonds is 6. The minimum absolute atomic E-state index is 0. The third-order valence-electron chi connectivity index (χ3n) is 3.69. The normalized spacial score (nSPS) is 16.2. The van der Waals surface area contributed by atoms with Crippen LogP contribution in [-0.4, -0.2) is 52.3 Å². The minimum atomic E-state index is 0. The Morgan fingerprint density at radius 1 is 1.46 bits per heavy atom. The van der Waals surface area contributed by atoms with Crippen LogP contribution >= 0.6 is 32.4 Å². The van der Waals surface area contributed by atoms with Crippen molar-refractivity contribution in [2.24, 2.45) is 0 Å². The summed E-state index contributed by atoms with van der Waals surface area (Å²) in [6.07, 6.45) is 9.26. The van der Waals surface area contributed by atoms with Gasteiger partial charge in [-0.3, -0.25) is 9.88 Å². The predicted octanol–water partition coefficient (Wildman–Crippen LogP) is 2.41. The van der Waals surface area contributed by atoms with Crippen LogP contribution in [0.1, 0.15) is 30.9 Å². The molecule has 0 radical (unpaired) electrons. The molecule has 0 spiro atoms. The molecule has 0 saturated carbocycles. The van der Waals surface area contributed by atoms with Gasteiger partial charge in [-0.05, 0) is 43.2 Å². The van der Waals surface area contributed by atoms with Crippen molar-refractivity contribution in [2.45, 2.75) is 25.3 Å². The van der Waals surface area contributed by atoms with Crippen molar-refractivity contribution < 1.29 is 28.8 Å². The number of ether oxygens (including phenoxy) is 1. The molecule has 1 aliphatic rings. The van der Waals surface area contributed by atoms with Gasteiger partial charge in [-0.1, -0.05) is 18.6 Å². The molecule has 0 aliphatic carbocycles. The Balaban J connectivity index is 0. The van der Waals surface area contributed by atoms with Crippen molar-refractivity contribution in [3.8, 4) is 0 Å². The quantitative estimate of drug-likeness (QED) is 0.387. The number of pyridine rings is 1. The number of piperidine rings is 1. The van der Waals surface area contributed by atoms with Crippen molar-refractivity contribution in [3.05, 3.63) is 42.7 Å². The first kappa shape index (κ1) is 27.8. The zero-order valence-corrected chi connectivity index (χ0v) is 17.7. The Labute approximate surface area is 175 Å². The molecule has 10 heteroatoms. The van der Waals surface area contributed by atoms with Crippen LogP contribution in [0.2, 0.25) is 0 Å². The summed E-state index contributed by atoms with van der Waals surface area (Å²) in [6.45, 7) is 6.88. The standard InChI is InChI=1S/C16H23N3OS.2ClH.Cu.2H2O/c1-2-8-18-16(21)20-12-11-19-10-4-3-7-15(19)14-6-5-9-17-13-14;;;;;/h2,5-6,9,13,15H,1,3-4,7-8,10-12H2,(H,18,21);2*1H;;2*1H2/q;;;+2;;/p-2. The van der Waals surface area contributed by atoms with E-state index in [9.17, 15) is 0 Å². The van der Waals surface area contributed by atoms with Crippen LogP contribution < -0.4 is 5.32 Å². The zero-order chi connectivity index (χ0) is 17.6. The van der Waals surface area contributed by atoms with Crippen molar-refractivity contribution >= 4 is 37.6 Å². The number of nitrogens with zero attached hydrogens (tertiary/aromatic N) is 2. The van der Waals surface area contributed by atoms with Crippen molar-refractivity contribution in [3.63, 3.8) is 0 Å². The molecule has 2 heterocycles. The van der Waals surface area contributed by atoms with Gasteiger partial charge in [0.1, 0.15) is 6.61 Å². The Hall–Kier alpha value is -0.441. The van der Waals surface area contributed by atoms with E-state index in [0.717, 1.165) is 26.2 Å². The summed E-state index contributed by atoms with van der Waals surface area (Å²) in [5, 5.41) is 3.42. The van der Waals surface area contributed by atoms with E-state index in [0.29, 0.717) is 24.4 Å². The molecule has 0 aromatic carbocycles. The molecule has 5 N–H and O–H groups in total. The van der Waals surface area contributed by atoms with Crippen LogP contribution in [0.4, 0.5) is 0 Å². The number of halogens is 2. The average Bonchev–Trinajstić information content (AvgIpc) is 2.62. The van der Waals surface area contributed by atoms with Gasteiger partial charge in [0.25, 0.3) is 5.17 Å². The first-order chi connectivity index (χ1) is 11.7. The number of hydrogen-bond donors (Lipinski definition) is 1. The molecule has 1 unspecified atom stereocenters. The molecule has 0 bridgehead atoms. The Kier molecular flexibility index (Phi) is 19.2. The van der Waals surface area contributed by atoms with E-state index < -0.39 is 0 Å². The molecule has 2 rings (SSSR count). The Bertz CT molecular complexity index is 489. The van der Waals surface area contributed by atoms with Gasteiger partial charge in [0, 0.05) is 31.5 Å². The Morgan fingerprint density at radius 2 is 2.19 bits per heavy atom. The zero-order valence-electron chi connectivity index (χ0n) is 14.4. The van der Waals surface area contributed by atoms with E-state index in [1.165, 1.54) is 24.8 Å². The third-order valence-corrected chi connectivity index (χ3v) is 3.95. The number of aromatic nitrogens is 1. The number of thiocarbonyl (C=S) groups is 1. The van der Waals surface area contributed by atoms with Gasteiger partial charge in [-0.15, -0.1) is 6.58 Å². The first-order valence-electron chi connectivity index (χ1n) is 7.69. The number of nitrogens with one attached hydrogen (secondary N) is 1. The van der Waals surface area contributed by atoms with E-state index in [2.05, 4.69) is 48.0 Å². The monoisotopic (exact) mass is 474 g/mol. The Morgan fingerprint density at radius 3 is 2.81 bits per heavy atom. The van der Waals surface area contributed by atoms with Crippen LogP contribution in [0.5, 0.6) is 0 Å². The molecular formula is C16H27Cl2CuN3O3S. The van der Waals surface area contributed by atoms with Crippen LogP contribution in [0.25, 0.3) is 0 Å². The van der Waals surface area contributed by atoms with Crippen molar-refractivity contribution in [1.29, 1.82) is 0 Å². The van der Waals surface area contributed by atoms with Crippen LogP contribution in [0, 0.1) is 0 Å². The van der Waals surface area contributed by atoms with Gasteiger partial charge >= 0.3 is 33.3 Å². The summed E-state index contributed by atoms with van der Waals surface area (Å²) >= 11 is 5.86. The van der Waals surface area contributed by atoms with Crippen LogP contribution in [-0.2, 0) is 17.9 Å². The van der Waals surface area contributed by atoms with Gasteiger partial charge in [0.05, 0.1) is 0 Å². The first-order valence-corrected chi connectivity index (χ1v) is 10.7. The molecule has 1 atom stereocenters. The van der Waals surface area contributed by atoms with Gasteiger partial charge in [0.15, 0.2) is 0 Å². The molecule has 26 heavy (non-hydrogen) atoms. The van der Waals surface area contributed by atoms with E-state index in [4.69, 9.17) is 17.0 Å². The second-order valence-electron chi connectivity index (χ2n) is 5.18. The molecule has 1 aromatic rings. The summed E-state index contributed by atoms with van der Waals surface area (Å²) in [7, 11) is 9.34. The van der Waals surface area contributed by atoms with E-state index >= 15 is 0 Å². The molecule has 1 aliphatic heterocycles. The second-order valence-corrected chi connectivity index (χ2v) is 7.11. The van der Waals surface area contributed by atoms with Gasteiger partial charge in [-0.25, -0.2) is 0 Å². The van der Waals surface area contributed by atoms with Gasteiger partial charge in [-0.2, -0.15) is 0 Å². The second kappa shape index (κ2) is 17.9. The molecule has 155 valence electrons. The fourth-order valence-corrected chi connectivity index (χ4v) is 2.84. The van der Waals surface area contributed by atoms with Crippen LogP contribution in [0.15, 0.2) is 37.2 Å².